The number of rotatable bonds is 3. The maximum Gasteiger partial charge on any atom is 0.272 e. The van der Waals surface area contributed by atoms with E-state index in [0.29, 0.717) is 18.8 Å². The van der Waals surface area contributed by atoms with Crippen LogP contribution in [0.1, 0.15) is 10.5 Å². The van der Waals surface area contributed by atoms with Crippen LogP contribution in [-0.2, 0) is 0 Å². The predicted molar refractivity (Wildman–Crippen MR) is 104 cm³/mol. The molecule has 2 aromatic heterocycles. The summed E-state index contributed by atoms with van der Waals surface area (Å²) >= 11 is 0. The third-order valence-electron chi connectivity index (χ3n) is 5.24. The summed E-state index contributed by atoms with van der Waals surface area (Å²) in [5.41, 5.74) is 0.505. The molecule has 1 amide bonds. The molecule has 4 heterocycles. The summed E-state index contributed by atoms with van der Waals surface area (Å²) in [7, 11) is 2.15. The summed E-state index contributed by atoms with van der Waals surface area (Å²) in [5.74, 6) is 1.92. The molecule has 2 aliphatic heterocycles. The van der Waals surface area contributed by atoms with Crippen molar-refractivity contribution in [2.75, 3.05) is 69.2 Å². The van der Waals surface area contributed by atoms with Crippen LogP contribution >= 0.6 is 0 Å². The molecule has 4 rings (SSSR count). The van der Waals surface area contributed by atoms with Crippen molar-refractivity contribution in [1.29, 1.82) is 0 Å². The molecule has 2 fully saturated rings. The number of nitrogens with zero attached hydrogens (tertiary/aromatic N) is 7. The fraction of sp³-hybridized carbons (Fsp3) is 0.474. The van der Waals surface area contributed by atoms with Gasteiger partial charge in [-0.2, -0.15) is 0 Å². The molecule has 0 spiro atoms. The highest BCUT2D eigenvalue weighted by molar-refractivity contribution is 5.92. The minimum atomic E-state index is -0.00365. The predicted octanol–water partition coefficient (Wildman–Crippen LogP) is 0.586. The van der Waals surface area contributed by atoms with Gasteiger partial charge in [-0.05, 0) is 19.2 Å². The van der Waals surface area contributed by atoms with E-state index in [-0.39, 0.29) is 5.91 Å². The lowest BCUT2D eigenvalue weighted by Gasteiger charge is -2.36. The zero-order chi connectivity index (χ0) is 18.6. The Morgan fingerprint density at radius 1 is 0.852 bits per heavy atom. The first-order chi connectivity index (χ1) is 13.2. The van der Waals surface area contributed by atoms with Crippen molar-refractivity contribution in [3.63, 3.8) is 0 Å². The molecular weight excluding hydrogens is 342 g/mol. The van der Waals surface area contributed by atoms with Crippen LogP contribution in [-0.4, -0.2) is 90.1 Å². The van der Waals surface area contributed by atoms with E-state index in [4.69, 9.17) is 0 Å². The maximum absolute atomic E-state index is 12.5. The average molecular weight is 367 g/mol. The highest BCUT2D eigenvalue weighted by atomic mass is 16.2. The van der Waals surface area contributed by atoms with Gasteiger partial charge in [0.25, 0.3) is 5.91 Å². The number of carbonyl (C=O) groups excluding carboxylic acids is 1. The molecule has 0 saturated carbocycles. The first-order valence-electron chi connectivity index (χ1n) is 9.41. The molecule has 8 heteroatoms. The molecule has 2 saturated heterocycles. The summed E-state index contributed by atoms with van der Waals surface area (Å²) in [6.45, 7) is 6.93. The Balaban J connectivity index is 1.38. The molecule has 0 bridgehead atoms. The van der Waals surface area contributed by atoms with Crippen LogP contribution in [0.4, 0.5) is 11.6 Å². The average Bonchev–Trinajstić information content (AvgIpc) is 2.75. The molecule has 0 aliphatic carbocycles. The molecule has 0 radical (unpaired) electrons. The lowest BCUT2D eigenvalue weighted by molar-refractivity contribution is 0.0740. The Morgan fingerprint density at radius 2 is 1.48 bits per heavy atom. The van der Waals surface area contributed by atoms with Crippen LogP contribution in [0, 0.1) is 0 Å². The van der Waals surface area contributed by atoms with Crippen LogP contribution in [0.25, 0.3) is 0 Å². The summed E-state index contributed by atoms with van der Waals surface area (Å²) < 4.78 is 0. The zero-order valence-corrected chi connectivity index (χ0v) is 15.7. The minimum absolute atomic E-state index is 0.00365. The number of pyridine rings is 1. The van der Waals surface area contributed by atoms with Gasteiger partial charge in [-0.25, -0.2) is 9.97 Å². The van der Waals surface area contributed by atoms with E-state index in [1.807, 2.05) is 17.0 Å². The Morgan fingerprint density at radius 3 is 2.07 bits per heavy atom. The van der Waals surface area contributed by atoms with Crippen molar-refractivity contribution in [3.05, 3.63) is 42.5 Å². The molecular formula is C19H25N7O. The van der Waals surface area contributed by atoms with Crippen molar-refractivity contribution in [2.45, 2.75) is 0 Å². The van der Waals surface area contributed by atoms with Crippen LogP contribution < -0.4 is 9.80 Å². The SMILES string of the molecule is CN1CCN(c2cc(N3CCN(C(=O)c4ccccn4)CC3)ncn2)CC1. The van der Waals surface area contributed by atoms with Gasteiger partial charge in [0.2, 0.25) is 0 Å². The monoisotopic (exact) mass is 367 g/mol. The first kappa shape index (κ1) is 17.7. The molecule has 8 nitrogen and oxygen atoms in total. The van der Waals surface area contributed by atoms with Gasteiger partial charge in [0.05, 0.1) is 0 Å². The largest absolute Gasteiger partial charge is 0.354 e. The summed E-state index contributed by atoms with van der Waals surface area (Å²) in [6, 6.07) is 7.50. The Hall–Kier alpha value is -2.74. The van der Waals surface area contributed by atoms with Crippen LogP contribution in [0.3, 0.4) is 0 Å². The smallest absolute Gasteiger partial charge is 0.272 e. The van der Waals surface area contributed by atoms with Gasteiger partial charge in [0.1, 0.15) is 23.7 Å². The molecule has 0 aromatic carbocycles. The molecule has 2 aliphatic rings. The van der Waals surface area contributed by atoms with Crippen molar-refractivity contribution >= 4 is 17.5 Å². The second-order valence-corrected chi connectivity index (χ2v) is 7.02. The topological polar surface area (TPSA) is 68.7 Å². The highest BCUT2D eigenvalue weighted by Gasteiger charge is 2.24. The third kappa shape index (κ3) is 4.00. The van der Waals surface area contributed by atoms with Crippen LogP contribution in [0.5, 0.6) is 0 Å². The first-order valence-corrected chi connectivity index (χ1v) is 9.41. The number of aromatic nitrogens is 3. The Labute approximate surface area is 159 Å². The number of hydrogen-bond donors (Lipinski definition) is 0. The van der Waals surface area contributed by atoms with E-state index in [2.05, 4.69) is 42.8 Å². The second kappa shape index (κ2) is 7.87. The lowest BCUT2D eigenvalue weighted by Crippen LogP contribution is -2.49. The molecule has 0 unspecified atom stereocenters. The van der Waals surface area contributed by atoms with Gasteiger partial charge in [0.15, 0.2) is 0 Å². The summed E-state index contributed by atoms with van der Waals surface area (Å²) in [4.78, 5) is 34.4. The minimum Gasteiger partial charge on any atom is -0.354 e. The van der Waals surface area contributed by atoms with Crippen LogP contribution in [0.15, 0.2) is 36.8 Å². The number of piperazine rings is 2. The van der Waals surface area contributed by atoms with Crippen LogP contribution in [0.2, 0.25) is 0 Å². The normalized spacial score (nSPS) is 18.6. The lowest BCUT2D eigenvalue weighted by atomic mass is 10.2. The summed E-state index contributed by atoms with van der Waals surface area (Å²) in [6.07, 6.45) is 3.30. The Kier molecular flexibility index (Phi) is 5.15. The molecule has 2 aromatic rings. The number of carbonyl (C=O) groups is 1. The quantitative estimate of drug-likeness (QED) is 0.786. The van der Waals surface area contributed by atoms with Crippen molar-refractivity contribution in [3.8, 4) is 0 Å². The number of amides is 1. The van der Waals surface area contributed by atoms with Gasteiger partial charge in [-0.3, -0.25) is 9.78 Å². The standard InChI is InChI=1S/C19H25N7O/c1-23-6-8-24(9-7-23)17-14-18(22-15-21-17)25-10-12-26(13-11-25)19(27)16-4-2-3-5-20-16/h2-5,14-15H,6-13H2,1H3. The number of likely N-dealkylation sites (N-methyl/N-ethyl adjacent to an activating group) is 1. The van der Waals surface area contributed by atoms with E-state index in [1.54, 1.807) is 18.6 Å². The molecule has 142 valence electrons. The zero-order valence-electron chi connectivity index (χ0n) is 15.7. The highest BCUT2D eigenvalue weighted by Crippen LogP contribution is 2.20. The molecule has 0 N–H and O–H groups in total. The molecule has 0 atom stereocenters. The van der Waals surface area contributed by atoms with Crippen molar-refractivity contribution < 1.29 is 4.79 Å². The summed E-state index contributed by atoms with van der Waals surface area (Å²) in [5, 5.41) is 0. The number of hydrogen-bond acceptors (Lipinski definition) is 7. The van der Waals surface area contributed by atoms with E-state index >= 15 is 0 Å². The fourth-order valence-corrected chi connectivity index (χ4v) is 3.51. The maximum atomic E-state index is 12.5. The second-order valence-electron chi connectivity index (χ2n) is 7.02. The fourth-order valence-electron chi connectivity index (χ4n) is 3.51. The van der Waals surface area contributed by atoms with E-state index in [0.717, 1.165) is 50.9 Å². The number of anilines is 2. The van der Waals surface area contributed by atoms with Crippen molar-refractivity contribution in [2.24, 2.45) is 0 Å². The Bertz CT molecular complexity index is 769. The van der Waals surface area contributed by atoms with Gasteiger partial charge >= 0.3 is 0 Å². The van der Waals surface area contributed by atoms with E-state index in [1.165, 1.54) is 0 Å². The van der Waals surface area contributed by atoms with Gasteiger partial charge < -0.3 is 19.6 Å². The molecule has 27 heavy (non-hydrogen) atoms. The third-order valence-corrected chi connectivity index (χ3v) is 5.24. The van der Waals surface area contributed by atoms with Gasteiger partial charge in [0, 0.05) is 64.6 Å². The van der Waals surface area contributed by atoms with E-state index in [9.17, 15) is 4.79 Å². The van der Waals surface area contributed by atoms with Gasteiger partial charge in [-0.1, -0.05) is 6.07 Å². The van der Waals surface area contributed by atoms with Crippen molar-refractivity contribution in [1.82, 2.24) is 24.8 Å². The van der Waals surface area contributed by atoms with E-state index < -0.39 is 0 Å². The van der Waals surface area contributed by atoms with Gasteiger partial charge in [-0.15, -0.1) is 0 Å².